The van der Waals surface area contributed by atoms with Crippen LogP contribution in [0.4, 0.5) is 0 Å². The van der Waals surface area contributed by atoms with E-state index in [9.17, 15) is 14.7 Å². The highest BCUT2D eigenvalue weighted by atomic mass is 32.1. The second kappa shape index (κ2) is 10.1. The van der Waals surface area contributed by atoms with Crippen molar-refractivity contribution in [3.8, 4) is 5.75 Å². The number of amides is 1. The molecule has 2 heterocycles. The van der Waals surface area contributed by atoms with E-state index in [-0.39, 0.29) is 11.4 Å². The molecule has 0 radical (unpaired) electrons. The molecule has 1 aromatic carbocycles. The van der Waals surface area contributed by atoms with Crippen molar-refractivity contribution in [1.29, 1.82) is 0 Å². The van der Waals surface area contributed by atoms with Crippen molar-refractivity contribution in [1.82, 2.24) is 9.88 Å². The Morgan fingerprint density at radius 2 is 2.06 bits per heavy atom. The zero-order valence-corrected chi connectivity index (χ0v) is 19.1. The zero-order valence-electron chi connectivity index (χ0n) is 18.3. The maximum absolute atomic E-state index is 13.5. The number of hydrogen-bond donors (Lipinski definition) is 1. The van der Waals surface area contributed by atoms with Gasteiger partial charge in [-0.05, 0) is 44.4 Å². The van der Waals surface area contributed by atoms with Gasteiger partial charge in [0.05, 0.1) is 33.8 Å². The van der Waals surface area contributed by atoms with Gasteiger partial charge in [-0.15, -0.1) is 11.3 Å². The van der Waals surface area contributed by atoms with Crippen LogP contribution in [0.5, 0.6) is 5.75 Å². The van der Waals surface area contributed by atoms with Crippen LogP contribution in [0.3, 0.4) is 0 Å². The Kier molecular flexibility index (Phi) is 7.46. The number of ketones is 1. The van der Waals surface area contributed by atoms with Crippen LogP contribution in [0.2, 0.25) is 0 Å². The van der Waals surface area contributed by atoms with Crippen LogP contribution >= 0.6 is 11.3 Å². The lowest BCUT2D eigenvalue weighted by molar-refractivity contribution is -0.129. The molecule has 1 N–H and O–H groups in total. The molecule has 1 unspecified atom stereocenters. The SMILES string of the molecule is CCCOc1cccc(C2C(C(=O)c3sc(C)nc3C)=C(O)C(=O)N2CCCOC)c1. The van der Waals surface area contributed by atoms with Gasteiger partial charge in [-0.3, -0.25) is 9.59 Å². The van der Waals surface area contributed by atoms with Gasteiger partial charge in [0.15, 0.2) is 5.76 Å². The first-order valence-corrected chi connectivity index (χ1v) is 11.1. The highest BCUT2D eigenvalue weighted by Crippen LogP contribution is 2.41. The van der Waals surface area contributed by atoms with Gasteiger partial charge in [0.25, 0.3) is 5.91 Å². The van der Waals surface area contributed by atoms with Crippen LogP contribution in [0.25, 0.3) is 0 Å². The van der Waals surface area contributed by atoms with Crippen molar-refractivity contribution in [2.24, 2.45) is 0 Å². The smallest absolute Gasteiger partial charge is 0.290 e. The first-order chi connectivity index (χ1) is 14.9. The topological polar surface area (TPSA) is 89.0 Å². The minimum absolute atomic E-state index is 0.0850. The third-order valence-electron chi connectivity index (χ3n) is 5.05. The molecular formula is C23H28N2O5S. The summed E-state index contributed by atoms with van der Waals surface area (Å²) in [6, 6.07) is 6.64. The Balaban J connectivity index is 2.05. The van der Waals surface area contributed by atoms with E-state index in [4.69, 9.17) is 9.47 Å². The third kappa shape index (κ3) is 4.80. The van der Waals surface area contributed by atoms with Gasteiger partial charge >= 0.3 is 0 Å². The number of aliphatic hydroxyl groups excluding tert-OH is 1. The molecule has 3 rings (SSSR count). The van der Waals surface area contributed by atoms with Crippen LogP contribution in [0, 0.1) is 13.8 Å². The number of aryl methyl sites for hydroxylation is 2. The molecule has 8 heteroatoms. The van der Waals surface area contributed by atoms with Gasteiger partial charge < -0.3 is 19.5 Å². The lowest BCUT2D eigenvalue weighted by atomic mass is 9.95. The molecule has 166 valence electrons. The van der Waals surface area contributed by atoms with Gasteiger partial charge in [0.1, 0.15) is 5.75 Å². The van der Waals surface area contributed by atoms with Crippen molar-refractivity contribution < 1.29 is 24.2 Å². The number of methoxy groups -OCH3 is 1. The molecule has 0 aliphatic carbocycles. The number of ether oxygens (including phenoxy) is 2. The number of benzene rings is 1. The number of nitrogens with zero attached hydrogens (tertiary/aromatic N) is 2. The fourth-order valence-corrected chi connectivity index (χ4v) is 4.57. The molecule has 0 bridgehead atoms. The van der Waals surface area contributed by atoms with Crippen molar-refractivity contribution >= 4 is 23.0 Å². The lowest BCUT2D eigenvalue weighted by Gasteiger charge is -2.27. The fourth-order valence-electron chi connectivity index (χ4n) is 3.70. The second-order valence-corrected chi connectivity index (χ2v) is 8.61. The minimum Gasteiger partial charge on any atom is -0.503 e. The summed E-state index contributed by atoms with van der Waals surface area (Å²) in [5.41, 5.74) is 1.39. The Morgan fingerprint density at radius 1 is 1.29 bits per heavy atom. The van der Waals surface area contributed by atoms with Crippen LogP contribution in [-0.2, 0) is 9.53 Å². The Bertz CT molecular complexity index is 998. The minimum atomic E-state index is -0.705. The zero-order chi connectivity index (χ0) is 22.5. The molecule has 1 atom stereocenters. The molecule has 0 saturated carbocycles. The molecular weight excluding hydrogens is 416 g/mol. The number of aromatic nitrogens is 1. The van der Waals surface area contributed by atoms with Crippen LogP contribution in [0.15, 0.2) is 35.6 Å². The van der Waals surface area contributed by atoms with E-state index in [1.807, 2.05) is 38.1 Å². The largest absolute Gasteiger partial charge is 0.503 e. The molecule has 0 fully saturated rings. The van der Waals surface area contributed by atoms with E-state index in [0.29, 0.717) is 48.1 Å². The molecule has 0 saturated heterocycles. The second-order valence-electron chi connectivity index (χ2n) is 7.41. The number of thiazole rings is 1. The molecule has 31 heavy (non-hydrogen) atoms. The predicted octanol–water partition coefficient (Wildman–Crippen LogP) is 4.16. The van der Waals surface area contributed by atoms with E-state index in [1.165, 1.54) is 16.2 Å². The number of carbonyl (C=O) groups is 2. The maximum atomic E-state index is 13.5. The lowest BCUT2D eigenvalue weighted by Crippen LogP contribution is -2.32. The summed E-state index contributed by atoms with van der Waals surface area (Å²) >= 11 is 1.27. The van der Waals surface area contributed by atoms with Crippen LogP contribution in [0.1, 0.15) is 51.7 Å². The summed E-state index contributed by atoms with van der Waals surface area (Å²) in [7, 11) is 1.59. The number of aliphatic hydroxyl groups is 1. The molecule has 1 aliphatic rings. The van der Waals surface area contributed by atoms with Gasteiger partial charge in [0, 0.05) is 20.3 Å². The summed E-state index contributed by atoms with van der Waals surface area (Å²) in [4.78, 5) is 32.7. The van der Waals surface area contributed by atoms with Crippen molar-refractivity contribution in [3.63, 3.8) is 0 Å². The number of carbonyl (C=O) groups excluding carboxylic acids is 2. The Hall–Kier alpha value is -2.71. The highest BCUT2D eigenvalue weighted by Gasteiger charge is 2.44. The van der Waals surface area contributed by atoms with Gasteiger partial charge in [-0.2, -0.15) is 0 Å². The summed E-state index contributed by atoms with van der Waals surface area (Å²) in [5, 5.41) is 11.5. The molecule has 2 aromatic rings. The summed E-state index contributed by atoms with van der Waals surface area (Å²) in [6.45, 7) is 6.98. The number of rotatable bonds is 10. The average Bonchev–Trinajstić information content (AvgIpc) is 3.22. The maximum Gasteiger partial charge on any atom is 0.290 e. The van der Waals surface area contributed by atoms with Crippen LogP contribution in [-0.4, -0.2) is 53.5 Å². The van der Waals surface area contributed by atoms with Crippen molar-refractivity contribution in [2.75, 3.05) is 26.9 Å². The van der Waals surface area contributed by atoms with E-state index in [2.05, 4.69) is 4.98 Å². The molecule has 7 nitrogen and oxygen atoms in total. The van der Waals surface area contributed by atoms with Crippen LogP contribution < -0.4 is 4.74 Å². The van der Waals surface area contributed by atoms with Crippen molar-refractivity contribution in [2.45, 2.75) is 39.7 Å². The summed E-state index contributed by atoms with van der Waals surface area (Å²) in [6.07, 6.45) is 1.45. The van der Waals surface area contributed by atoms with E-state index >= 15 is 0 Å². The molecule has 0 spiro atoms. The Morgan fingerprint density at radius 3 is 2.71 bits per heavy atom. The van der Waals surface area contributed by atoms with Gasteiger partial charge in [-0.25, -0.2) is 4.98 Å². The molecule has 1 aromatic heterocycles. The highest BCUT2D eigenvalue weighted by molar-refractivity contribution is 7.14. The monoisotopic (exact) mass is 444 g/mol. The third-order valence-corrected chi connectivity index (χ3v) is 6.12. The van der Waals surface area contributed by atoms with Gasteiger partial charge in [-0.1, -0.05) is 19.1 Å². The fraction of sp³-hybridized carbons (Fsp3) is 0.435. The summed E-state index contributed by atoms with van der Waals surface area (Å²) in [5.74, 6) is -0.763. The first-order valence-electron chi connectivity index (χ1n) is 10.3. The molecule has 1 amide bonds. The number of hydrogen-bond acceptors (Lipinski definition) is 7. The Labute approximate surface area is 186 Å². The van der Waals surface area contributed by atoms with E-state index in [1.54, 1.807) is 14.0 Å². The van der Waals surface area contributed by atoms with Gasteiger partial charge in [0.2, 0.25) is 5.78 Å². The number of Topliss-reactive ketones (excluding diaryl/α,β-unsaturated/α-hetero) is 1. The summed E-state index contributed by atoms with van der Waals surface area (Å²) < 4.78 is 10.9. The van der Waals surface area contributed by atoms with E-state index < -0.39 is 17.7 Å². The predicted molar refractivity (Wildman–Crippen MR) is 119 cm³/mol. The quantitative estimate of drug-likeness (QED) is 0.437. The average molecular weight is 445 g/mol. The normalized spacial score (nSPS) is 16.3. The standard InChI is InChI=1S/C23H28N2O5S/c1-5-11-30-17-9-6-8-16(13-17)19-18(20(26)22-14(2)24-15(3)31-22)21(27)23(28)25(19)10-7-12-29-4/h6,8-9,13,19,27H,5,7,10-12H2,1-4H3. The van der Waals surface area contributed by atoms with Crippen molar-refractivity contribution in [3.05, 3.63) is 56.7 Å². The first kappa shape index (κ1) is 23.0. The van der Waals surface area contributed by atoms with E-state index in [0.717, 1.165) is 11.4 Å². The molecule has 1 aliphatic heterocycles.